The number of hydrogen-bond acceptors (Lipinski definition) is 2. The van der Waals surface area contributed by atoms with Crippen LogP contribution < -0.4 is 10.6 Å². The topological polar surface area (TPSA) is 61.4 Å². The molecule has 0 heterocycles. The highest BCUT2D eigenvalue weighted by atomic mass is 35.5. The van der Waals surface area contributed by atoms with Crippen molar-refractivity contribution in [1.29, 1.82) is 0 Å². The highest BCUT2D eigenvalue weighted by Crippen LogP contribution is 2.12. The van der Waals surface area contributed by atoms with Crippen molar-refractivity contribution in [1.82, 2.24) is 10.2 Å². The summed E-state index contributed by atoms with van der Waals surface area (Å²) in [6.45, 7) is 5.78. The molecule has 5 nitrogen and oxygen atoms in total. The Kier molecular flexibility index (Phi) is 7.48. The summed E-state index contributed by atoms with van der Waals surface area (Å²) < 4.78 is 0. The minimum Gasteiger partial charge on any atom is -0.343 e. The van der Waals surface area contributed by atoms with Crippen LogP contribution in [0.25, 0.3) is 0 Å². The van der Waals surface area contributed by atoms with Crippen molar-refractivity contribution >= 4 is 29.2 Å². The Bertz CT molecular complexity index is 726. The third-order valence-corrected chi connectivity index (χ3v) is 4.30. The quantitative estimate of drug-likeness (QED) is 0.768. The first kappa shape index (κ1) is 19.8. The zero-order valence-corrected chi connectivity index (χ0v) is 15.8. The smallest absolute Gasteiger partial charge is 0.319 e. The predicted molar refractivity (Wildman–Crippen MR) is 105 cm³/mol. The molecule has 2 rings (SSSR count). The van der Waals surface area contributed by atoms with E-state index >= 15 is 0 Å². The lowest BCUT2D eigenvalue weighted by Gasteiger charge is -2.18. The lowest BCUT2D eigenvalue weighted by Crippen LogP contribution is -2.31. The molecule has 0 aliphatic carbocycles. The maximum atomic E-state index is 12.1. The van der Waals surface area contributed by atoms with Crippen LogP contribution in [-0.2, 0) is 17.8 Å². The summed E-state index contributed by atoms with van der Waals surface area (Å²) in [5.41, 5.74) is 2.57. The van der Waals surface area contributed by atoms with Gasteiger partial charge in [0.25, 0.3) is 0 Å². The number of likely N-dealkylation sites (N-methyl/N-ethyl adjacent to an activating group) is 1. The first-order valence-electron chi connectivity index (χ1n) is 8.67. The molecule has 0 unspecified atom stereocenters. The van der Waals surface area contributed by atoms with E-state index < -0.39 is 0 Å². The van der Waals surface area contributed by atoms with Gasteiger partial charge < -0.3 is 15.5 Å². The number of carbonyl (C=O) groups excluding carboxylic acids is 2. The van der Waals surface area contributed by atoms with Crippen molar-refractivity contribution in [2.24, 2.45) is 0 Å². The third kappa shape index (κ3) is 6.08. The molecule has 0 radical (unpaired) electrons. The molecule has 0 spiro atoms. The number of halogens is 1. The minimum absolute atomic E-state index is 0.108. The summed E-state index contributed by atoms with van der Waals surface area (Å²) in [6, 6.07) is 14.3. The normalized spacial score (nSPS) is 10.3. The van der Waals surface area contributed by atoms with E-state index in [1.165, 1.54) is 0 Å². The van der Waals surface area contributed by atoms with Gasteiger partial charge in [-0.2, -0.15) is 0 Å². The molecule has 0 saturated heterocycles. The van der Waals surface area contributed by atoms with Gasteiger partial charge in [-0.3, -0.25) is 4.79 Å². The van der Waals surface area contributed by atoms with Crippen LogP contribution in [0.3, 0.4) is 0 Å². The molecule has 0 aromatic heterocycles. The molecule has 0 atom stereocenters. The van der Waals surface area contributed by atoms with Crippen LogP contribution in [0.2, 0.25) is 5.02 Å². The van der Waals surface area contributed by atoms with E-state index in [4.69, 9.17) is 11.6 Å². The van der Waals surface area contributed by atoms with E-state index in [9.17, 15) is 9.59 Å². The van der Waals surface area contributed by atoms with Crippen molar-refractivity contribution in [2.75, 3.05) is 18.4 Å². The molecule has 2 aromatic rings. The number of rotatable bonds is 7. The summed E-state index contributed by atoms with van der Waals surface area (Å²) in [4.78, 5) is 25.9. The molecule has 0 saturated carbocycles. The average Bonchev–Trinajstić information content (AvgIpc) is 2.64. The van der Waals surface area contributed by atoms with Crippen molar-refractivity contribution in [3.05, 3.63) is 64.7 Å². The summed E-state index contributed by atoms with van der Waals surface area (Å²) in [5.74, 6) is 0.108. The van der Waals surface area contributed by atoms with Crippen LogP contribution in [0.1, 0.15) is 25.0 Å². The molecule has 3 amide bonds. The van der Waals surface area contributed by atoms with Gasteiger partial charge in [0.1, 0.15) is 0 Å². The van der Waals surface area contributed by atoms with Crippen LogP contribution in [0, 0.1) is 0 Å². The van der Waals surface area contributed by atoms with Gasteiger partial charge in [0.2, 0.25) is 5.91 Å². The second-order valence-electron chi connectivity index (χ2n) is 5.87. The average molecular weight is 374 g/mol. The zero-order chi connectivity index (χ0) is 18.9. The molecule has 2 N–H and O–H groups in total. The molecule has 0 aliphatic rings. The molecule has 6 heteroatoms. The lowest BCUT2D eigenvalue weighted by molar-refractivity contribution is -0.130. The van der Waals surface area contributed by atoms with Gasteiger partial charge in [0.15, 0.2) is 0 Å². The van der Waals surface area contributed by atoms with Gasteiger partial charge >= 0.3 is 6.03 Å². The first-order valence-corrected chi connectivity index (χ1v) is 9.05. The second-order valence-corrected chi connectivity index (χ2v) is 6.31. The van der Waals surface area contributed by atoms with Gasteiger partial charge in [-0.05, 0) is 49.2 Å². The minimum atomic E-state index is -0.285. The maximum absolute atomic E-state index is 12.1. The third-order valence-electron chi connectivity index (χ3n) is 4.05. The van der Waals surface area contributed by atoms with Gasteiger partial charge in [0.05, 0.1) is 6.42 Å². The monoisotopic (exact) mass is 373 g/mol. The summed E-state index contributed by atoms with van der Waals surface area (Å²) in [7, 11) is 0. The molecule has 2 aromatic carbocycles. The van der Waals surface area contributed by atoms with Crippen molar-refractivity contribution in [3.8, 4) is 0 Å². The number of urea groups is 1. The Morgan fingerprint density at radius 3 is 2.08 bits per heavy atom. The number of anilines is 1. The summed E-state index contributed by atoms with van der Waals surface area (Å²) >= 11 is 5.84. The number of hydrogen-bond donors (Lipinski definition) is 2. The highest BCUT2D eigenvalue weighted by Gasteiger charge is 2.10. The van der Waals surface area contributed by atoms with Crippen LogP contribution in [0.5, 0.6) is 0 Å². The van der Waals surface area contributed by atoms with E-state index in [0.717, 1.165) is 11.1 Å². The molecule has 0 aliphatic heterocycles. The van der Waals surface area contributed by atoms with Crippen molar-refractivity contribution in [3.63, 3.8) is 0 Å². The predicted octanol–water partition coefficient (Wildman–Crippen LogP) is 4.07. The Hall–Kier alpha value is -2.53. The van der Waals surface area contributed by atoms with Crippen LogP contribution in [-0.4, -0.2) is 29.9 Å². The molecule has 0 fully saturated rings. The number of benzene rings is 2. The van der Waals surface area contributed by atoms with Gasteiger partial charge in [-0.15, -0.1) is 0 Å². The zero-order valence-electron chi connectivity index (χ0n) is 15.1. The van der Waals surface area contributed by atoms with Crippen molar-refractivity contribution < 1.29 is 9.59 Å². The number of nitrogens with zero attached hydrogens (tertiary/aromatic N) is 1. The second kappa shape index (κ2) is 9.82. The van der Waals surface area contributed by atoms with Crippen molar-refractivity contribution in [2.45, 2.75) is 26.8 Å². The summed E-state index contributed by atoms with van der Waals surface area (Å²) in [6.07, 6.45) is 0.366. The number of nitrogens with one attached hydrogen (secondary N) is 2. The van der Waals surface area contributed by atoms with E-state index in [2.05, 4.69) is 10.6 Å². The van der Waals surface area contributed by atoms with Crippen LogP contribution in [0.4, 0.5) is 10.5 Å². The maximum Gasteiger partial charge on any atom is 0.319 e. The molecular formula is C20H24ClN3O2. The number of amides is 3. The Morgan fingerprint density at radius 2 is 1.50 bits per heavy atom. The van der Waals surface area contributed by atoms with Crippen LogP contribution in [0.15, 0.2) is 48.5 Å². The molecule has 0 bridgehead atoms. The Morgan fingerprint density at radius 1 is 0.923 bits per heavy atom. The fourth-order valence-corrected chi connectivity index (χ4v) is 2.65. The Balaban J connectivity index is 1.83. The SMILES string of the molecule is CCN(CC)C(=O)Cc1ccc(NC(=O)NCc2ccc(Cl)cc2)cc1. The van der Waals surface area contributed by atoms with E-state index in [0.29, 0.717) is 36.8 Å². The molecule has 26 heavy (non-hydrogen) atoms. The standard InChI is InChI=1S/C20H24ClN3O2/c1-3-24(4-2)19(25)13-15-7-11-18(12-8-15)23-20(26)22-14-16-5-9-17(21)10-6-16/h5-12H,3-4,13-14H2,1-2H3,(H2,22,23,26). The van der Waals surface area contributed by atoms with Crippen LogP contribution >= 0.6 is 11.6 Å². The fourth-order valence-electron chi connectivity index (χ4n) is 2.53. The van der Waals surface area contributed by atoms with E-state index in [1.807, 2.05) is 38.1 Å². The first-order chi connectivity index (χ1) is 12.5. The van der Waals surface area contributed by atoms with Gasteiger partial charge in [-0.1, -0.05) is 35.9 Å². The van der Waals surface area contributed by atoms with Gasteiger partial charge in [-0.25, -0.2) is 4.79 Å². The molecular weight excluding hydrogens is 350 g/mol. The Labute approximate surface area is 159 Å². The van der Waals surface area contributed by atoms with Gasteiger partial charge in [0, 0.05) is 30.3 Å². The molecule has 138 valence electrons. The highest BCUT2D eigenvalue weighted by molar-refractivity contribution is 6.30. The lowest BCUT2D eigenvalue weighted by atomic mass is 10.1. The fraction of sp³-hybridized carbons (Fsp3) is 0.300. The van der Waals surface area contributed by atoms with E-state index in [1.54, 1.807) is 29.2 Å². The van der Waals surface area contributed by atoms with E-state index in [-0.39, 0.29) is 11.9 Å². The largest absolute Gasteiger partial charge is 0.343 e. The number of carbonyl (C=O) groups is 2. The summed E-state index contributed by atoms with van der Waals surface area (Å²) in [5, 5.41) is 6.23.